The number of hydrogen-bond acceptors (Lipinski definition) is 2. The second-order valence-corrected chi connectivity index (χ2v) is 6.49. The van der Waals surface area contributed by atoms with E-state index in [1.165, 1.54) is 5.56 Å². The topological polar surface area (TPSA) is 26.3 Å². The summed E-state index contributed by atoms with van der Waals surface area (Å²) in [5.41, 5.74) is 3.20. The van der Waals surface area contributed by atoms with Gasteiger partial charge in [0, 0.05) is 12.0 Å². The Hall–Kier alpha value is -0.830. The number of hydrogen-bond donors (Lipinski definition) is 0. The van der Waals surface area contributed by atoms with E-state index in [-0.39, 0.29) is 10.1 Å². The molecule has 1 aliphatic carbocycles. The quantitative estimate of drug-likeness (QED) is 0.683. The Balaban J connectivity index is 2.14. The standard InChI is InChI=1S/C13H13BrO2/c1-13(14)4-2-8-7-11-9(3-5-16-11)6-10(8)12(13)15/h6-7H,2-5H2,1H3. The maximum absolute atomic E-state index is 12.3. The monoisotopic (exact) mass is 280 g/mol. The number of ketones is 1. The van der Waals surface area contributed by atoms with Crippen molar-refractivity contribution in [3.05, 3.63) is 28.8 Å². The molecule has 1 unspecified atom stereocenters. The Labute approximate surface area is 103 Å². The van der Waals surface area contributed by atoms with Gasteiger partial charge in [-0.15, -0.1) is 0 Å². The molecule has 1 aromatic rings. The number of Topliss-reactive ketones (excluding diaryl/α,β-unsaturated/α-hetero) is 1. The Kier molecular flexibility index (Phi) is 2.15. The fourth-order valence-corrected chi connectivity index (χ4v) is 2.86. The van der Waals surface area contributed by atoms with E-state index in [1.54, 1.807) is 0 Å². The Morgan fingerprint density at radius 3 is 2.94 bits per heavy atom. The van der Waals surface area contributed by atoms with Crippen molar-refractivity contribution in [2.24, 2.45) is 0 Å². The summed E-state index contributed by atoms with van der Waals surface area (Å²) in [6, 6.07) is 4.08. The van der Waals surface area contributed by atoms with Crippen LogP contribution in [-0.2, 0) is 12.8 Å². The molecule has 0 saturated carbocycles. The molecule has 0 radical (unpaired) electrons. The molecule has 0 aromatic heterocycles. The van der Waals surface area contributed by atoms with Gasteiger partial charge in [-0.05, 0) is 43.0 Å². The zero-order valence-corrected chi connectivity index (χ0v) is 10.8. The fourth-order valence-electron chi connectivity index (χ4n) is 2.45. The van der Waals surface area contributed by atoms with E-state index in [0.29, 0.717) is 0 Å². The van der Waals surface area contributed by atoms with Gasteiger partial charge in [-0.3, -0.25) is 4.79 Å². The number of ether oxygens (including phenoxy) is 1. The van der Waals surface area contributed by atoms with Crippen LogP contribution in [0, 0.1) is 0 Å². The zero-order valence-electron chi connectivity index (χ0n) is 9.18. The second-order valence-electron chi connectivity index (χ2n) is 4.74. The van der Waals surface area contributed by atoms with Crippen LogP contribution in [0.1, 0.15) is 34.8 Å². The molecule has 3 rings (SSSR count). The summed E-state index contributed by atoms with van der Waals surface area (Å²) in [6.07, 6.45) is 2.73. The summed E-state index contributed by atoms with van der Waals surface area (Å²) in [4.78, 5) is 12.3. The third-order valence-electron chi connectivity index (χ3n) is 3.50. The summed E-state index contributed by atoms with van der Waals surface area (Å²) < 4.78 is 5.15. The van der Waals surface area contributed by atoms with Crippen LogP contribution in [0.25, 0.3) is 0 Å². The normalized spacial score (nSPS) is 27.2. The molecule has 1 atom stereocenters. The van der Waals surface area contributed by atoms with E-state index in [9.17, 15) is 4.79 Å². The molecule has 0 bridgehead atoms. The van der Waals surface area contributed by atoms with Gasteiger partial charge in [-0.25, -0.2) is 0 Å². The molecule has 1 heterocycles. The van der Waals surface area contributed by atoms with E-state index in [2.05, 4.69) is 22.0 Å². The number of alkyl halides is 1. The van der Waals surface area contributed by atoms with E-state index >= 15 is 0 Å². The number of rotatable bonds is 0. The molecule has 1 aromatic carbocycles. The maximum Gasteiger partial charge on any atom is 0.179 e. The molecule has 2 aliphatic rings. The lowest BCUT2D eigenvalue weighted by molar-refractivity contribution is 0.0940. The summed E-state index contributed by atoms with van der Waals surface area (Å²) >= 11 is 3.53. The molecule has 16 heavy (non-hydrogen) atoms. The van der Waals surface area contributed by atoms with E-state index in [1.807, 2.05) is 13.0 Å². The van der Waals surface area contributed by atoms with Crippen LogP contribution in [-0.4, -0.2) is 16.7 Å². The lowest BCUT2D eigenvalue weighted by Crippen LogP contribution is -2.33. The molecule has 0 spiro atoms. The number of benzene rings is 1. The molecule has 2 nitrogen and oxygen atoms in total. The van der Waals surface area contributed by atoms with Crippen LogP contribution in [0.15, 0.2) is 12.1 Å². The van der Waals surface area contributed by atoms with E-state index in [4.69, 9.17) is 4.74 Å². The van der Waals surface area contributed by atoms with Crippen molar-refractivity contribution in [3.8, 4) is 5.75 Å². The van der Waals surface area contributed by atoms with Crippen LogP contribution in [0.5, 0.6) is 5.75 Å². The highest BCUT2D eigenvalue weighted by Crippen LogP contribution is 2.38. The third-order valence-corrected chi connectivity index (χ3v) is 4.25. The molecule has 1 aliphatic heterocycles. The van der Waals surface area contributed by atoms with Crippen LogP contribution >= 0.6 is 15.9 Å². The number of aryl methyl sites for hydroxylation is 1. The molecule has 0 saturated heterocycles. The van der Waals surface area contributed by atoms with Crippen molar-refractivity contribution < 1.29 is 9.53 Å². The molecule has 0 N–H and O–H groups in total. The minimum absolute atomic E-state index is 0.212. The number of carbonyl (C=O) groups is 1. The van der Waals surface area contributed by atoms with Gasteiger partial charge in [0.15, 0.2) is 5.78 Å². The molecule has 0 amide bonds. The van der Waals surface area contributed by atoms with Crippen LogP contribution < -0.4 is 4.74 Å². The molecule has 3 heteroatoms. The fraction of sp³-hybridized carbons (Fsp3) is 0.462. The van der Waals surface area contributed by atoms with Crippen molar-refractivity contribution in [2.75, 3.05) is 6.61 Å². The lowest BCUT2D eigenvalue weighted by atomic mass is 9.82. The third kappa shape index (κ3) is 1.41. The highest BCUT2D eigenvalue weighted by molar-refractivity contribution is 9.10. The second kappa shape index (κ2) is 3.33. The SMILES string of the molecule is CC1(Br)CCc2cc3c(cc2C1=O)CCO3. The highest BCUT2D eigenvalue weighted by atomic mass is 79.9. The predicted molar refractivity (Wildman–Crippen MR) is 65.6 cm³/mol. The van der Waals surface area contributed by atoms with Crippen molar-refractivity contribution in [1.29, 1.82) is 0 Å². The average Bonchev–Trinajstić information content (AvgIpc) is 2.69. The summed E-state index contributed by atoms with van der Waals surface area (Å²) in [6.45, 7) is 2.71. The minimum atomic E-state index is -0.381. The predicted octanol–water partition coefficient (Wildman–Crippen LogP) is 2.90. The van der Waals surface area contributed by atoms with Gasteiger partial charge in [0.25, 0.3) is 0 Å². The summed E-state index contributed by atoms with van der Waals surface area (Å²) in [7, 11) is 0. The minimum Gasteiger partial charge on any atom is -0.493 e. The van der Waals surface area contributed by atoms with E-state index in [0.717, 1.165) is 42.7 Å². The molecule has 84 valence electrons. The van der Waals surface area contributed by atoms with Crippen molar-refractivity contribution in [3.63, 3.8) is 0 Å². The first-order valence-electron chi connectivity index (χ1n) is 5.60. The largest absolute Gasteiger partial charge is 0.493 e. The lowest BCUT2D eigenvalue weighted by Gasteiger charge is -2.28. The van der Waals surface area contributed by atoms with Gasteiger partial charge in [0.1, 0.15) is 5.75 Å². The Morgan fingerprint density at radius 1 is 1.31 bits per heavy atom. The number of fused-ring (bicyclic) bond motifs is 2. The Morgan fingerprint density at radius 2 is 2.12 bits per heavy atom. The molecular formula is C13H13BrO2. The first-order chi connectivity index (χ1) is 7.58. The van der Waals surface area contributed by atoms with Gasteiger partial charge in [-0.2, -0.15) is 0 Å². The molecular weight excluding hydrogens is 268 g/mol. The van der Waals surface area contributed by atoms with Crippen LogP contribution in [0.3, 0.4) is 0 Å². The zero-order chi connectivity index (χ0) is 11.3. The van der Waals surface area contributed by atoms with Crippen molar-refractivity contribution in [1.82, 2.24) is 0 Å². The van der Waals surface area contributed by atoms with Crippen LogP contribution in [0.4, 0.5) is 0 Å². The van der Waals surface area contributed by atoms with Crippen molar-refractivity contribution >= 4 is 21.7 Å². The van der Waals surface area contributed by atoms with E-state index < -0.39 is 0 Å². The molecule has 0 fully saturated rings. The van der Waals surface area contributed by atoms with Gasteiger partial charge in [-0.1, -0.05) is 15.9 Å². The van der Waals surface area contributed by atoms with Gasteiger partial charge in [0.2, 0.25) is 0 Å². The Bertz CT molecular complexity index is 477. The van der Waals surface area contributed by atoms with Gasteiger partial charge < -0.3 is 4.74 Å². The summed E-state index contributed by atoms with van der Waals surface area (Å²) in [5.74, 6) is 1.19. The first-order valence-corrected chi connectivity index (χ1v) is 6.39. The first kappa shape index (κ1) is 10.3. The number of halogens is 1. The van der Waals surface area contributed by atoms with Crippen LogP contribution in [0.2, 0.25) is 0 Å². The maximum atomic E-state index is 12.3. The highest BCUT2D eigenvalue weighted by Gasteiger charge is 2.36. The number of carbonyl (C=O) groups excluding carboxylic acids is 1. The van der Waals surface area contributed by atoms with Gasteiger partial charge >= 0.3 is 0 Å². The smallest absolute Gasteiger partial charge is 0.179 e. The van der Waals surface area contributed by atoms with Crippen molar-refractivity contribution in [2.45, 2.75) is 30.5 Å². The average molecular weight is 281 g/mol. The van der Waals surface area contributed by atoms with Gasteiger partial charge in [0.05, 0.1) is 10.9 Å². The summed E-state index contributed by atoms with van der Waals surface area (Å²) in [5, 5.41) is 0.